The van der Waals surface area contributed by atoms with Gasteiger partial charge in [0.05, 0.1) is 12.8 Å². The Morgan fingerprint density at radius 1 is 1.65 bits per heavy atom. The van der Waals surface area contributed by atoms with Gasteiger partial charge >= 0.3 is 0 Å². The first-order valence-corrected chi connectivity index (χ1v) is 6.70. The van der Waals surface area contributed by atoms with Crippen molar-refractivity contribution in [2.75, 3.05) is 20.3 Å². The second kappa shape index (κ2) is 6.10. The van der Waals surface area contributed by atoms with E-state index in [1.54, 1.807) is 14.0 Å². The van der Waals surface area contributed by atoms with Crippen molar-refractivity contribution in [3.05, 3.63) is 12.0 Å². The van der Waals surface area contributed by atoms with Crippen molar-refractivity contribution >= 4 is 10.0 Å². The van der Waals surface area contributed by atoms with Crippen LogP contribution in [0.2, 0.25) is 0 Å². The van der Waals surface area contributed by atoms with Gasteiger partial charge in [0.15, 0.2) is 5.03 Å². The Morgan fingerprint density at radius 3 is 2.88 bits per heavy atom. The number of hydrogen-bond acceptors (Lipinski definition) is 5. The lowest BCUT2D eigenvalue weighted by Crippen LogP contribution is -2.33. The molecular weight excluding hydrogens is 244 g/mol. The molecule has 8 heteroatoms. The molecule has 7 nitrogen and oxygen atoms in total. The quantitative estimate of drug-likeness (QED) is 0.605. The lowest BCUT2D eigenvalue weighted by atomic mass is 10.2. The van der Waals surface area contributed by atoms with E-state index in [-0.39, 0.29) is 17.6 Å². The summed E-state index contributed by atoms with van der Waals surface area (Å²) in [6, 6.07) is -0.175. The molecule has 1 atom stereocenters. The van der Waals surface area contributed by atoms with Gasteiger partial charge in [-0.1, -0.05) is 0 Å². The standard InChI is InChI=1S/C9H18N4O3S/c1-7-11-5-9(13-7)17(14,15)12-4-3-8(10)6-16-2/h5,8,12H,3-4,6,10H2,1-2H3,(H,11,13). The number of ether oxygens (including phenoxy) is 1. The SMILES string of the molecule is COCC(N)CCNS(=O)(=O)c1cnc(C)[nH]1. The molecule has 0 aliphatic rings. The van der Waals surface area contributed by atoms with Crippen molar-refractivity contribution in [2.45, 2.75) is 24.4 Å². The molecule has 0 aliphatic heterocycles. The minimum atomic E-state index is -3.51. The predicted molar refractivity (Wildman–Crippen MR) is 63.0 cm³/mol. The third kappa shape index (κ3) is 4.43. The zero-order valence-electron chi connectivity index (χ0n) is 9.93. The third-order valence-electron chi connectivity index (χ3n) is 2.16. The topological polar surface area (TPSA) is 110 Å². The number of imidazole rings is 1. The molecule has 0 amide bonds. The van der Waals surface area contributed by atoms with Crippen molar-refractivity contribution < 1.29 is 13.2 Å². The Morgan fingerprint density at radius 2 is 2.35 bits per heavy atom. The van der Waals surface area contributed by atoms with E-state index < -0.39 is 10.0 Å². The van der Waals surface area contributed by atoms with Gasteiger partial charge in [0.25, 0.3) is 10.0 Å². The fraction of sp³-hybridized carbons (Fsp3) is 0.667. The van der Waals surface area contributed by atoms with Crippen molar-refractivity contribution in [2.24, 2.45) is 5.73 Å². The summed E-state index contributed by atoms with van der Waals surface area (Å²) in [6.45, 7) is 2.36. The van der Waals surface area contributed by atoms with Crippen LogP contribution in [0.1, 0.15) is 12.2 Å². The molecule has 0 aliphatic carbocycles. The van der Waals surface area contributed by atoms with E-state index >= 15 is 0 Å². The molecular formula is C9H18N4O3S. The van der Waals surface area contributed by atoms with E-state index in [2.05, 4.69) is 14.7 Å². The first-order chi connectivity index (χ1) is 7.95. The van der Waals surface area contributed by atoms with Crippen molar-refractivity contribution in [3.8, 4) is 0 Å². The van der Waals surface area contributed by atoms with Gasteiger partial charge in [-0.3, -0.25) is 0 Å². The van der Waals surface area contributed by atoms with Crippen molar-refractivity contribution in [3.63, 3.8) is 0 Å². The summed E-state index contributed by atoms with van der Waals surface area (Å²) in [5.41, 5.74) is 5.68. The second-order valence-electron chi connectivity index (χ2n) is 3.73. The van der Waals surface area contributed by atoms with Gasteiger partial charge < -0.3 is 15.5 Å². The van der Waals surface area contributed by atoms with E-state index in [0.717, 1.165) is 0 Å². The maximum Gasteiger partial charge on any atom is 0.257 e. The van der Waals surface area contributed by atoms with Crippen LogP contribution in [0.15, 0.2) is 11.2 Å². The van der Waals surface area contributed by atoms with Crippen LogP contribution in [-0.4, -0.2) is 44.7 Å². The molecule has 1 rings (SSSR count). The molecule has 0 fully saturated rings. The largest absolute Gasteiger partial charge is 0.383 e. The van der Waals surface area contributed by atoms with E-state index in [0.29, 0.717) is 18.9 Å². The maximum atomic E-state index is 11.7. The highest BCUT2D eigenvalue weighted by Gasteiger charge is 2.16. The predicted octanol–water partition coefficient (Wildman–Crippen LogP) is -0.640. The Balaban J connectivity index is 2.46. The monoisotopic (exact) mass is 262 g/mol. The molecule has 0 radical (unpaired) electrons. The minimum absolute atomic E-state index is 0.0651. The molecule has 0 saturated carbocycles. The van der Waals surface area contributed by atoms with Crippen LogP contribution in [0, 0.1) is 6.92 Å². The average molecular weight is 262 g/mol. The number of rotatable bonds is 7. The zero-order chi connectivity index (χ0) is 12.9. The molecule has 0 aromatic carbocycles. The summed E-state index contributed by atoms with van der Waals surface area (Å²) in [5.74, 6) is 0.557. The number of sulfonamides is 1. The Kier molecular flexibility index (Phi) is 5.06. The molecule has 17 heavy (non-hydrogen) atoms. The highest BCUT2D eigenvalue weighted by Crippen LogP contribution is 2.04. The van der Waals surface area contributed by atoms with E-state index in [4.69, 9.17) is 10.5 Å². The zero-order valence-corrected chi connectivity index (χ0v) is 10.8. The number of H-pyrrole nitrogens is 1. The molecule has 1 aromatic heterocycles. The molecule has 4 N–H and O–H groups in total. The van der Waals surface area contributed by atoms with Gasteiger partial charge in [-0.2, -0.15) is 0 Å². The van der Waals surface area contributed by atoms with Crippen LogP contribution >= 0.6 is 0 Å². The average Bonchev–Trinajstić information content (AvgIpc) is 2.65. The van der Waals surface area contributed by atoms with Crippen LogP contribution in [-0.2, 0) is 14.8 Å². The summed E-state index contributed by atoms with van der Waals surface area (Å²) < 4.78 is 30.8. The first-order valence-electron chi connectivity index (χ1n) is 5.21. The summed E-state index contributed by atoms with van der Waals surface area (Å²) in [5, 5.41) is 0.0651. The summed E-state index contributed by atoms with van der Waals surface area (Å²) in [6.07, 6.45) is 1.80. The van der Waals surface area contributed by atoms with E-state index in [1.807, 2.05) is 0 Å². The number of aromatic amines is 1. The number of hydrogen-bond donors (Lipinski definition) is 3. The number of nitrogens with one attached hydrogen (secondary N) is 2. The fourth-order valence-corrected chi connectivity index (χ4v) is 2.30. The van der Waals surface area contributed by atoms with Crippen molar-refractivity contribution in [1.82, 2.24) is 14.7 Å². The van der Waals surface area contributed by atoms with Gasteiger partial charge in [-0.05, 0) is 13.3 Å². The van der Waals surface area contributed by atoms with Crippen LogP contribution < -0.4 is 10.5 Å². The highest BCUT2D eigenvalue weighted by molar-refractivity contribution is 7.89. The van der Waals surface area contributed by atoms with Crippen LogP contribution in [0.5, 0.6) is 0 Å². The number of nitrogens with two attached hydrogens (primary N) is 1. The maximum absolute atomic E-state index is 11.7. The molecule has 1 heterocycles. The normalized spacial score (nSPS) is 13.8. The van der Waals surface area contributed by atoms with Crippen LogP contribution in [0.4, 0.5) is 0 Å². The van der Waals surface area contributed by atoms with Gasteiger partial charge in [0.1, 0.15) is 5.82 Å². The number of aryl methyl sites for hydroxylation is 1. The van der Waals surface area contributed by atoms with Crippen LogP contribution in [0.25, 0.3) is 0 Å². The fourth-order valence-electron chi connectivity index (χ4n) is 1.29. The Hall–Kier alpha value is -0.960. The summed E-state index contributed by atoms with van der Waals surface area (Å²) in [7, 11) is -1.96. The number of methoxy groups -OCH3 is 1. The molecule has 98 valence electrons. The minimum Gasteiger partial charge on any atom is -0.383 e. The Bertz CT molecular complexity index is 443. The van der Waals surface area contributed by atoms with Crippen molar-refractivity contribution in [1.29, 1.82) is 0 Å². The first kappa shape index (κ1) is 14.1. The molecule has 1 unspecified atom stereocenters. The van der Waals surface area contributed by atoms with Gasteiger partial charge in [-0.15, -0.1) is 0 Å². The van der Waals surface area contributed by atoms with Gasteiger partial charge in [-0.25, -0.2) is 18.1 Å². The summed E-state index contributed by atoms with van der Waals surface area (Å²) in [4.78, 5) is 6.50. The number of aromatic nitrogens is 2. The lowest BCUT2D eigenvalue weighted by Gasteiger charge is -2.10. The molecule has 0 bridgehead atoms. The smallest absolute Gasteiger partial charge is 0.257 e. The second-order valence-corrected chi connectivity index (χ2v) is 5.47. The van der Waals surface area contributed by atoms with Gasteiger partial charge in [0, 0.05) is 19.7 Å². The highest BCUT2D eigenvalue weighted by atomic mass is 32.2. The van der Waals surface area contributed by atoms with Crippen LogP contribution in [0.3, 0.4) is 0 Å². The van der Waals surface area contributed by atoms with Gasteiger partial charge in [0.2, 0.25) is 0 Å². The van der Waals surface area contributed by atoms with E-state index in [9.17, 15) is 8.42 Å². The third-order valence-corrected chi connectivity index (χ3v) is 3.53. The Labute approximate surface area is 101 Å². The lowest BCUT2D eigenvalue weighted by molar-refractivity contribution is 0.177. The molecule has 1 aromatic rings. The van der Waals surface area contributed by atoms with E-state index in [1.165, 1.54) is 6.20 Å². The molecule has 0 spiro atoms. The number of nitrogens with zero attached hydrogens (tertiary/aromatic N) is 1. The summed E-state index contributed by atoms with van der Waals surface area (Å²) >= 11 is 0. The molecule has 0 saturated heterocycles.